The highest BCUT2D eigenvalue weighted by Crippen LogP contribution is 2.36. The van der Waals surface area contributed by atoms with Crippen LogP contribution in [0.15, 0.2) is 36.5 Å². The number of nitrogens with one attached hydrogen (secondary N) is 1. The number of unbranched alkanes of at least 4 members (excludes halogenated alkanes) is 1. The fourth-order valence-electron chi connectivity index (χ4n) is 2.78. The van der Waals surface area contributed by atoms with Crippen LogP contribution in [-0.4, -0.2) is 28.9 Å². The van der Waals surface area contributed by atoms with Gasteiger partial charge in [-0.2, -0.15) is 0 Å². The van der Waals surface area contributed by atoms with E-state index in [1.807, 2.05) is 6.92 Å². The minimum atomic E-state index is -1.85. The minimum absolute atomic E-state index is 0.0842. The van der Waals surface area contributed by atoms with Crippen molar-refractivity contribution in [2.75, 3.05) is 16.8 Å². The summed E-state index contributed by atoms with van der Waals surface area (Å²) in [5.74, 6) is -1.33. The monoisotopic (exact) mass is 391 g/mol. The first kappa shape index (κ1) is 19.1. The number of ether oxygens (including phenoxy) is 1. The molecule has 3 rings (SSSR count). The summed E-state index contributed by atoms with van der Waals surface area (Å²) in [6.45, 7) is 3.77. The molecule has 0 saturated heterocycles. The number of anilines is 2. The number of aromatic nitrogens is 1. The Hall–Kier alpha value is -2.67. The molecule has 1 N–H and O–H groups in total. The third-order valence-corrected chi connectivity index (χ3v) is 4.56. The van der Waals surface area contributed by atoms with E-state index in [0.29, 0.717) is 18.1 Å². The summed E-state index contributed by atoms with van der Waals surface area (Å²) in [6, 6.07) is 7.15. The molecule has 1 unspecified atom stereocenters. The van der Waals surface area contributed by atoms with E-state index < -0.39 is 23.2 Å². The van der Waals surface area contributed by atoms with Crippen molar-refractivity contribution in [2.24, 2.45) is 0 Å². The molecular formula is C19H19ClFN3O3. The van der Waals surface area contributed by atoms with Gasteiger partial charge < -0.3 is 10.1 Å². The summed E-state index contributed by atoms with van der Waals surface area (Å²) >= 11 is 5.73. The van der Waals surface area contributed by atoms with Crippen molar-refractivity contribution in [3.05, 3.63) is 47.4 Å². The lowest BCUT2D eigenvalue weighted by Crippen LogP contribution is -2.61. The lowest BCUT2D eigenvalue weighted by molar-refractivity contribution is -0.145. The Balaban J connectivity index is 1.93. The Bertz CT molecular complexity index is 892. The van der Waals surface area contributed by atoms with E-state index in [4.69, 9.17) is 16.3 Å². The van der Waals surface area contributed by atoms with Gasteiger partial charge in [0.05, 0.1) is 5.69 Å². The molecule has 142 valence electrons. The summed E-state index contributed by atoms with van der Waals surface area (Å²) in [5.41, 5.74) is -1.94. The summed E-state index contributed by atoms with van der Waals surface area (Å²) in [5, 5.41) is 2.62. The molecule has 0 bridgehead atoms. The van der Waals surface area contributed by atoms with E-state index in [9.17, 15) is 14.0 Å². The van der Waals surface area contributed by atoms with Gasteiger partial charge in [0.25, 0.3) is 17.4 Å². The van der Waals surface area contributed by atoms with Crippen molar-refractivity contribution in [1.29, 1.82) is 0 Å². The number of carbonyl (C=O) groups excluding carboxylic acids is 2. The van der Waals surface area contributed by atoms with Crippen LogP contribution in [0.3, 0.4) is 0 Å². The number of hydrogen-bond acceptors (Lipinski definition) is 4. The average Bonchev–Trinajstić information content (AvgIpc) is 2.64. The third-order valence-electron chi connectivity index (χ3n) is 4.32. The fraction of sp³-hybridized carbons (Fsp3) is 0.316. The largest absolute Gasteiger partial charge is 0.464 e. The van der Waals surface area contributed by atoms with Crippen molar-refractivity contribution >= 4 is 34.9 Å². The second kappa shape index (κ2) is 7.52. The topological polar surface area (TPSA) is 71.5 Å². The molecule has 0 fully saturated rings. The van der Waals surface area contributed by atoms with Gasteiger partial charge in [-0.15, -0.1) is 0 Å². The van der Waals surface area contributed by atoms with Gasteiger partial charge >= 0.3 is 0 Å². The van der Waals surface area contributed by atoms with Crippen LogP contribution < -0.4 is 15.0 Å². The number of rotatable bonds is 5. The maximum absolute atomic E-state index is 14.0. The number of halogens is 2. The predicted molar refractivity (Wildman–Crippen MR) is 101 cm³/mol. The van der Waals surface area contributed by atoms with E-state index in [0.717, 1.165) is 18.9 Å². The zero-order chi connectivity index (χ0) is 19.6. The first-order valence-corrected chi connectivity index (χ1v) is 8.97. The molecule has 0 saturated carbocycles. The lowest BCUT2D eigenvalue weighted by atomic mass is 10.0. The number of hydrogen-bond donors (Lipinski definition) is 1. The summed E-state index contributed by atoms with van der Waals surface area (Å²) in [6.07, 6.45) is 3.16. The molecule has 2 heterocycles. The summed E-state index contributed by atoms with van der Waals surface area (Å²) < 4.78 is 19.8. The van der Waals surface area contributed by atoms with Crippen LogP contribution >= 0.6 is 11.6 Å². The first-order valence-electron chi connectivity index (χ1n) is 8.59. The van der Waals surface area contributed by atoms with Crippen molar-refractivity contribution in [2.45, 2.75) is 32.3 Å². The number of amides is 2. The number of benzene rings is 1. The molecule has 0 spiro atoms. The highest BCUT2D eigenvalue weighted by Gasteiger charge is 2.51. The van der Waals surface area contributed by atoms with Crippen molar-refractivity contribution < 1.29 is 18.7 Å². The first-order chi connectivity index (χ1) is 12.9. The zero-order valence-electron chi connectivity index (χ0n) is 15.0. The predicted octanol–water partition coefficient (Wildman–Crippen LogP) is 3.80. The Morgan fingerprint density at radius 1 is 1.41 bits per heavy atom. The molecule has 0 radical (unpaired) electrons. The van der Waals surface area contributed by atoms with E-state index in [1.54, 1.807) is 18.3 Å². The SMILES string of the molecule is CCCCN1C(=O)C(C)(C(=O)Nc2ccc(Cl)cc2F)Oc2cccnc21. The van der Waals surface area contributed by atoms with Crippen LogP contribution in [0.5, 0.6) is 5.75 Å². The molecule has 6 nitrogen and oxygen atoms in total. The van der Waals surface area contributed by atoms with Gasteiger partial charge in [-0.05, 0) is 43.7 Å². The number of nitrogens with zero attached hydrogens (tertiary/aromatic N) is 2. The van der Waals surface area contributed by atoms with Crippen LogP contribution in [0.25, 0.3) is 0 Å². The van der Waals surface area contributed by atoms with E-state index in [-0.39, 0.29) is 10.7 Å². The Kier molecular flexibility index (Phi) is 5.32. The number of fused-ring (bicyclic) bond motifs is 1. The number of carbonyl (C=O) groups is 2. The van der Waals surface area contributed by atoms with Gasteiger partial charge in [0.2, 0.25) is 0 Å². The van der Waals surface area contributed by atoms with Crippen LogP contribution in [0.2, 0.25) is 5.02 Å². The highest BCUT2D eigenvalue weighted by molar-refractivity contribution is 6.30. The van der Waals surface area contributed by atoms with Gasteiger partial charge in [-0.1, -0.05) is 24.9 Å². The number of pyridine rings is 1. The zero-order valence-corrected chi connectivity index (χ0v) is 15.7. The minimum Gasteiger partial charge on any atom is -0.464 e. The molecule has 1 atom stereocenters. The van der Waals surface area contributed by atoms with Gasteiger partial charge in [-0.3, -0.25) is 14.5 Å². The van der Waals surface area contributed by atoms with Crippen molar-refractivity contribution in [3.63, 3.8) is 0 Å². The molecule has 1 aromatic heterocycles. The maximum Gasteiger partial charge on any atom is 0.282 e. The normalized spacial score (nSPS) is 18.7. The van der Waals surface area contributed by atoms with Gasteiger partial charge in [0, 0.05) is 17.8 Å². The molecule has 8 heteroatoms. The van der Waals surface area contributed by atoms with Gasteiger partial charge in [-0.25, -0.2) is 9.37 Å². The molecule has 2 aromatic rings. The quantitative estimate of drug-likeness (QED) is 0.787. The van der Waals surface area contributed by atoms with E-state index in [2.05, 4.69) is 10.3 Å². The van der Waals surface area contributed by atoms with E-state index in [1.165, 1.54) is 24.0 Å². The fourth-order valence-corrected chi connectivity index (χ4v) is 2.94. The smallest absolute Gasteiger partial charge is 0.282 e. The highest BCUT2D eigenvalue weighted by atomic mass is 35.5. The Labute approximate surface area is 161 Å². The second-order valence-electron chi connectivity index (χ2n) is 6.35. The van der Waals surface area contributed by atoms with Crippen molar-refractivity contribution in [1.82, 2.24) is 4.98 Å². The molecule has 2 amide bonds. The van der Waals surface area contributed by atoms with Crippen LogP contribution in [0, 0.1) is 5.82 Å². The second-order valence-corrected chi connectivity index (χ2v) is 6.79. The van der Waals surface area contributed by atoms with Gasteiger partial charge in [0.1, 0.15) is 5.82 Å². The van der Waals surface area contributed by atoms with Crippen LogP contribution in [-0.2, 0) is 9.59 Å². The molecule has 27 heavy (non-hydrogen) atoms. The Morgan fingerprint density at radius 2 is 2.19 bits per heavy atom. The molecular weight excluding hydrogens is 373 g/mol. The third kappa shape index (κ3) is 3.60. The maximum atomic E-state index is 14.0. The standard InChI is InChI=1S/C19H19ClFN3O3/c1-3-4-10-24-16-15(6-5-9-22-16)27-19(2,18(24)26)17(25)23-14-8-7-12(20)11-13(14)21/h5-9,11H,3-4,10H2,1-2H3,(H,23,25). The van der Waals surface area contributed by atoms with E-state index >= 15 is 0 Å². The van der Waals surface area contributed by atoms with Gasteiger partial charge in [0.15, 0.2) is 11.6 Å². The summed E-state index contributed by atoms with van der Waals surface area (Å²) in [4.78, 5) is 31.6. The lowest BCUT2D eigenvalue weighted by Gasteiger charge is -2.38. The summed E-state index contributed by atoms with van der Waals surface area (Å²) in [7, 11) is 0. The van der Waals surface area contributed by atoms with Crippen LogP contribution in [0.1, 0.15) is 26.7 Å². The molecule has 1 aromatic carbocycles. The van der Waals surface area contributed by atoms with Crippen LogP contribution in [0.4, 0.5) is 15.9 Å². The molecule has 1 aliphatic rings. The molecule has 0 aliphatic carbocycles. The van der Waals surface area contributed by atoms with Crippen molar-refractivity contribution in [3.8, 4) is 5.75 Å². The average molecular weight is 392 g/mol. The Morgan fingerprint density at radius 3 is 2.89 bits per heavy atom. The molecule has 1 aliphatic heterocycles.